The fourth-order valence-electron chi connectivity index (χ4n) is 2.03. The van der Waals surface area contributed by atoms with Gasteiger partial charge >= 0.3 is 0 Å². The van der Waals surface area contributed by atoms with E-state index in [1.54, 1.807) is 12.1 Å². The number of hydrogen-bond acceptors (Lipinski definition) is 5. The van der Waals surface area contributed by atoms with Gasteiger partial charge in [-0.1, -0.05) is 6.07 Å². The van der Waals surface area contributed by atoms with Gasteiger partial charge in [0.2, 0.25) is 0 Å². The van der Waals surface area contributed by atoms with Crippen molar-refractivity contribution in [2.24, 2.45) is 0 Å². The van der Waals surface area contributed by atoms with Crippen LogP contribution in [0.25, 0.3) is 0 Å². The summed E-state index contributed by atoms with van der Waals surface area (Å²) in [6.07, 6.45) is 0. The average molecular weight is 306 g/mol. The van der Waals surface area contributed by atoms with Gasteiger partial charge in [0.1, 0.15) is 10.6 Å². The van der Waals surface area contributed by atoms with Gasteiger partial charge in [0, 0.05) is 30.3 Å². The molecule has 0 saturated carbocycles. The van der Waals surface area contributed by atoms with Crippen LogP contribution in [-0.4, -0.2) is 46.7 Å². The highest BCUT2D eigenvalue weighted by molar-refractivity contribution is 8.13. The molecule has 2 rings (SSSR count). The van der Waals surface area contributed by atoms with Crippen LogP contribution in [0.1, 0.15) is 5.56 Å². The molecule has 0 spiro atoms. The average Bonchev–Trinajstić information content (AvgIpc) is 2.39. The fraction of sp³-hybridized carbons (Fsp3) is 0.500. The Hall–Kier alpha value is -0.820. The Kier molecular flexibility index (Phi) is 4.67. The lowest BCUT2D eigenvalue weighted by Crippen LogP contribution is -2.35. The van der Waals surface area contributed by atoms with Gasteiger partial charge in [-0.25, -0.2) is 8.42 Å². The Bertz CT molecular complexity index is 541. The first-order valence-electron chi connectivity index (χ1n) is 5.92. The molecule has 0 bridgehead atoms. The molecule has 1 heterocycles. The summed E-state index contributed by atoms with van der Waals surface area (Å²) < 4.78 is 33.3. The van der Waals surface area contributed by atoms with Crippen molar-refractivity contribution in [3.8, 4) is 5.75 Å². The number of methoxy groups -OCH3 is 1. The number of hydrogen-bond donors (Lipinski definition) is 0. The number of benzene rings is 1. The van der Waals surface area contributed by atoms with E-state index in [4.69, 9.17) is 20.2 Å². The summed E-state index contributed by atoms with van der Waals surface area (Å²) in [5.41, 5.74) is 0.891. The van der Waals surface area contributed by atoms with E-state index < -0.39 is 9.05 Å². The van der Waals surface area contributed by atoms with Crippen molar-refractivity contribution in [1.82, 2.24) is 4.90 Å². The molecule has 5 nitrogen and oxygen atoms in total. The van der Waals surface area contributed by atoms with E-state index in [2.05, 4.69) is 4.90 Å². The minimum atomic E-state index is -3.80. The molecule has 0 amide bonds. The maximum atomic E-state index is 11.5. The van der Waals surface area contributed by atoms with Crippen LogP contribution in [-0.2, 0) is 20.3 Å². The third-order valence-electron chi connectivity index (χ3n) is 3.00. The first-order valence-corrected chi connectivity index (χ1v) is 8.23. The number of halogens is 1. The van der Waals surface area contributed by atoms with E-state index in [0.717, 1.165) is 18.7 Å². The van der Waals surface area contributed by atoms with Crippen LogP contribution in [0.3, 0.4) is 0 Å². The lowest BCUT2D eigenvalue weighted by Gasteiger charge is -2.26. The van der Waals surface area contributed by atoms with Crippen molar-refractivity contribution < 1.29 is 17.9 Å². The van der Waals surface area contributed by atoms with Gasteiger partial charge in [-0.15, -0.1) is 0 Å². The Morgan fingerprint density at radius 1 is 1.37 bits per heavy atom. The Balaban J connectivity index is 2.22. The number of rotatable bonds is 4. The topological polar surface area (TPSA) is 55.8 Å². The number of ether oxygens (including phenoxy) is 2. The van der Waals surface area contributed by atoms with Crippen LogP contribution in [0.15, 0.2) is 23.1 Å². The third kappa shape index (κ3) is 3.82. The van der Waals surface area contributed by atoms with Crippen molar-refractivity contribution >= 4 is 19.7 Å². The van der Waals surface area contributed by atoms with Crippen LogP contribution >= 0.6 is 10.7 Å². The van der Waals surface area contributed by atoms with E-state index in [-0.39, 0.29) is 10.6 Å². The van der Waals surface area contributed by atoms with Gasteiger partial charge in [-0.2, -0.15) is 0 Å². The summed E-state index contributed by atoms with van der Waals surface area (Å²) in [7, 11) is 3.03. The highest BCUT2D eigenvalue weighted by Gasteiger charge is 2.18. The number of morpholine rings is 1. The van der Waals surface area contributed by atoms with Crippen LogP contribution in [0.4, 0.5) is 0 Å². The minimum absolute atomic E-state index is 0.0161. The second kappa shape index (κ2) is 6.09. The van der Waals surface area contributed by atoms with Crippen LogP contribution in [0.5, 0.6) is 5.75 Å². The van der Waals surface area contributed by atoms with Crippen LogP contribution < -0.4 is 4.74 Å². The zero-order valence-electron chi connectivity index (χ0n) is 10.6. The third-order valence-corrected chi connectivity index (χ3v) is 4.34. The van der Waals surface area contributed by atoms with E-state index in [1.165, 1.54) is 7.11 Å². The normalized spacial score (nSPS) is 17.4. The van der Waals surface area contributed by atoms with Crippen molar-refractivity contribution in [2.75, 3.05) is 33.4 Å². The predicted molar refractivity (Wildman–Crippen MR) is 72.1 cm³/mol. The standard InChI is InChI=1S/C12H16ClNO4S/c1-17-11-3-2-10(8-12(11)19(13,15)16)9-14-4-6-18-7-5-14/h2-3,8H,4-7,9H2,1H3. The summed E-state index contributed by atoms with van der Waals surface area (Å²) in [5.74, 6) is 0.265. The van der Waals surface area contributed by atoms with E-state index in [1.807, 2.05) is 6.07 Å². The first-order chi connectivity index (χ1) is 9.00. The summed E-state index contributed by atoms with van der Waals surface area (Å²) in [6.45, 7) is 3.77. The molecule has 7 heteroatoms. The summed E-state index contributed by atoms with van der Waals surface area (Å²) in [6, 6.07) is 5.04. The largest absolute Gasteiger partial charge is 0.495 e. The lowest BCUT2D eigenvalue weighted by atomic mass is 10.2. The van der Waals surface area contributed by atoms with E-state index >= 15 is 0 Å². The van der Waals surface area contributed by atoms with Gasteiger partial charge in [-0.05, 0) is 17.7 Å². The van der Waals surface area contributed by atoms with E-state index in [9.17, 15) is 8.42 Å². The van der Waals surface area contributed by atoms with Gasteiger partial charge < -0.3 is 9.47 Å². The zero-order chi connectivity index (χ0) is 13.9. The van der Waals surface area contributed by atoms with Gasteiger partial charge in [0.25, 0.3) is 9.05 Å². The highest BCUT2D eigenvalue weighted by Crippen LogP contribution is 2.28. The van der Waals surface area contributed by atoms with Crippen molar-refractivity contribution in [3.63, 3.8) is 0 Å². The Morgan fingerprint density at radius 2 is 2.05 bits per heavy atom. The molecule has 0 atom stereocenters. The van der Waals surface area contributed by atoms with Crippen LogP contribution in [0, 0.1) is 0 Å². The maximum Gasteiger partial charge on any atom is 0.264 e. The highest BCUT2D eigenvalue weighted by atomic mass is 35.7. The van der Waals surface area contributed by atoms with Gasteiger partial charge in [0.05, 0.1) is 20.3 Å². The molecule has 19 heavy (non-hydrogen) atoms. The molecule has 1 aromatic rings. The van der Waals surface area contributed by atoms with E-state index in [0.29, 0.717) is 19.8 Å². The predicted octanol–water partition coefficient (Wildman–Crippen LogP) is 1.45. The smallest absolute Gasteiger partial charge is 0.264 e. The Labute approximate surface area is 117 Å². The Morgan fingerprint density at radius 3 is 2.63 bits per heavy atom. The SMILES string of the molecule is COc1ccc(CN2CCOCC2)cc1S(=O)(=O)Cl. The minimum Gasteiger partial charge on any atom is -0.495 e. The molecule has 0 aromatic heterocycles. The molecule has 106 valence electrons. The summed E-state index contributed by atoms with van der Waals surface area (Å²) in [4.78, 5) is 2.22. The van der Waals surface area contributed by atoms with Gasteiger partial charge in [-0.3, -0.25) is 4.90 Å². The molecule has 1 aromatic carbocycles. The van der Waals surface area contributed by atoms with Crippen molar-refractivity contribution in [2.45, 2.75) is 11.4 Å². The molecule has 1 aliphatic rings. The maximum absolute atomic E-state index is 11.5. The molecule has 1 saturated heterocycles. The molecule has 0 aliphatic carbocycles. The molecular formula is C12H16ClNO4S. The molecule has 0 radical (unpaired) electrons. The van der Waals surface area contributed by atoms with Crippen molar-refractivity contribution in [3.05, 3.63) is 23.8 Å². The first kappa shape index (κ1) is 14.6. The quantitative estimate of drug-likeness (QED) is 0.788. The lowest BCUT2D eigenvalue weighted by molar-refractivity contribution is 0.0341. The summed E-state index contributed by atoms with van der Waals surface area (Å²) >= 11 is 0. The summed E-state index contributed by atoms with van der Waals surface area (Å²) in [5, 5.41) is 0. The molecule has 0 N–H and O–H groups in total. The molecule has 1 fully saturated rings. The molecule has 1 aliphatic heterocycles. The van der Waals surface area contributed by atoms with Gasteiger partial charge in [0.15, 0.2) is 0 Å². The van der Waals surface area contributed by atoms with Crippen molar-refractivity contribution in [1.29, 1.82) is 0 Å². The zero-order valence-corrected chi connectivity index (χ0v) is 12.2. The van der Waals surface area contributed by atoms with Crippen LogP contribution in [0.2, 0.25) is 0 Å². The fourth-order valence-corrected chi connectivity index (χ4v) is 3.07. The molecular weight excluding hydrogens is 290 g/mol. The molecule has 0 unspecified atom stereocenters. The second-order valence-electron chi connectivity index (χ2n) is 4.31. The number of nitrogens with zero attached hydrogens (tertiary/aromatic N) is 1. The monoisotopic (exact) mass is 305 g/mol. The second-order valence-corrected chi connectivity index (χ2v) is 6.85.